The summed E-state index contributed by atoms with van der Waals surface area (Å²) in [6.07, 6.45) is -3.52. The molecule has 0 spiro atoms. The Morgan fingerprint density at radius 2 is 1.44 bits per heavy atom. The van der Waals surface area contributed by atoms with E-state index in [1.165, 1.54) is 0 Å². The molecule has 2 atom stereocenters. The normalized spacial score (nSPS) is 32.4. The van der Waals surface area contributed by atoms with Gasteiger partial charge in [0.15, 0.2) is 29.5 Å². The number of halogens is 9. The molecule has 0 amide bonds. The molecular weight excluding hydrogens is 320 g/mol. The van der Waals surface area contributed by atoms with Crippen molar-refractivity contribution in [1.82, 2.24) is 0 Å². The lowest BCUT2D eigenvalue weighted by Crippen LogP contribution is -2.53. The molecule has 1 aliphatic rings. The summed E-state index contributed by atoms with van der Waals surface area (Å²) >= 11 is 15.1. The van der Waals surface area contributed by atoms with Crippen LogP contribution in [-0.2, 0) is 0 Å². The Bertz CT molecular complexity index is 388. The first kappa shape index (κ1) is 14.2. The van der Waals surface area contributed by atoms with Crippen LogP contribution in [0.3, 0.4) is 0 Å². The van der Waals surface area contributed by atoms with E-state index in [0.717, 1.165) is 0 Å². The average molecular weight is 322 g/mol. The molecule has 16 heavy (non-hydrogen) atoms. The van der Waals surface area contributed by atoms with Crippen molar-refractivity contribution in [1.29, 1.82) is 0 Å². The molecule has 0 radical (unpaired) electrons. The van der Waals surface area contributed by atoms with Crippen LogP contribution in [0.2, 0.25) is 0 Å². The number of hydrogen-bond donors (Lipinski definition) is 0. The summed E-state index contributed by atoms with van der Waals surface area (Å²) in [5.41, 5.74) is 0. The van der Waals surface area contributed by atoms with Crippen LogP contribution >= 0.6 is 33.2 Å². The highest BCUT2D eigenvalue weighted by atomic mass is 35.8. The summed E-state index contributed by atoms with van der Waals surface area (Å²) in [5, 5.41) is -4.11. The quantitative estimate of drug-likeness (QED) is 0.378. The molecule has 0 aliphatic heterocycles. The lowest BCUT2D eigenvalue weighted by Gasteiger charge is -2.33. The molecule has 0 aromatic carbocycles. The summed E-state index contributed by atoms with van der Waals surface area (Å²) in [5.74, 6) is -10.1. The van der Waals surface area contributed by atoms with Crippen LogP contribution < -0.4 is 0 Å². The summed E-state index contributed by atoms with van der Waals surface area (Å²) < 4.78 is 77.8. The van der Waals surface area contributed by atoms with E-state index in [1.54, 1.807) is 0 Å². The van der Waals surface area contributed by atoms with Gasteiger partial charge in [-0.05, 0) is 0 Å². The highest BCUT2D eigenvalue weighted by Gasteiger charge is 2.67. The highest BCUT2D eigenvalue weighted by molar-refractivity contribution is 7.66. The molecule has 0 heterocycles. The lowest BCUT2D eigenvalue weighted by atomic mass is 10.1. The van der Waals surface area contributed by atoms with Crippen LogP contribution in [-0.4, -0.2) is 17.5 Å². The Labute approximate surface area is 101 Å². The molecule has 1 rings (SSSR count). The molecule has 0 aromatic heterocycles. The topological polar surface area (TPSA) is 0 Å². The molecule has 0 aromatic rings. The van der Waals surface area contributed by atoms with Gasteiger partial charge in [-0.3, -0.25) is 0 Å². The van der Waals surface area contributed by atoms with Crippen molar-refractivity contribution in [3.05, 3.63) is 23.3 Å². The summed E-state index contributed by atoms with van der Waals surface area (Å²) in [6.45, 7) is 0. The monoisotopic (exact) mass is 320 g/mol. The summed E-state index contributed by atoms with van der Waals surface area (Å²) in [7, 11) is 0. The third kappa shape index (κ3) is 1.77. The second-order valence-corrected chi connectivity index (χ2v) is 11.4. The number of alkyl halides is 2. The lowest BCUT2D eigenvalue weighted by molar-refractivity contribution is 0.121. The van der Waals surface area contributed by atoms with Gasteiger partial charge in [0.1, 0.15) is 0 Å². The van der Waals surface area contributed by atoms with E-state index in [0.29, 0.717) is 0 Å². The van der Waals surface area contributed by atoms with Crippen molar-refractivity contribution in [3.63, 3.8) is 0 Å². The van der Waals surface area contributed by atoms with Crippen LogP contribution in [0.5, 0.6) is 0 Å². The van der Waals surface area contributed by atoms with Gasteiger partial charge in [0, 0.05) is 0 Å². The molecular formula is C6HCl3F6Si. The van der Waals surface area contributed by atoms with Crippen molar-refractivity contribution < 1.29 is 26.3 Å². The zero-order valence-corrected chi connectivity index (χ0v) is 10.2. The van der Waals surface area contributed by atoms with Crippen molar-refractivity contribution >= 4 is 39.2 Å². The molecule has 0 bridgehead atoms. The largest absolute Gasteiger partial charge is 0.389 e. The Morgan fingerprint density at radius 1 is 1.00 bits per heavy atom. The molecule has 0 nitrogen and oxygen atoms in total. The standard InChI is InChI=1S/C6HCl3F6Si/c7-16(8,9)6(15)4(13)2(11)1(10)3(12)5(6)14/h4H/t4-,6+/m1/s1. The maximum Gasteiger partial charge on any atom is 0.389 e. The Hall–Kier alpha value is 0.147. The maximum atomic E-state index is 13.7. The first-order valence-electron chi connectivity index (χ1n) is 3.56. The number of allylic oxidation sites excluding steroid dienone is 4. The van der Waals surface area contributed by atoms with Gasteiger partial charge in [0.2, 0.25) is 5.29 Å². The molecule has 0 fully saturated rings. The summed E-state index contributed by atoms with van der Waals surface area (Å²) in [6, 6.07) is -4.86. The van der Waals surface area contributed by atoms with Crippen molar-refractivity contribution in [2.75, 3.05) is 0 Å². The third-order valence-corrected chi connectivity index (χ3v) is 5.67. The minimum Gasteiger partial charge on any atom is -0.236 e. The first-order valence-corrected chi connectivity index (χ1v) is 8.59. The van der Waals surface area contributed by atoms with Crippen LogP contribution in [0, 0.1) is 0 Å². The smallest absolute Gasteiger partial charge is 0.236 e. The SMILES string of the molecule is FC1=C(F)[C@@H](F)[C@](F)([Si](Cl)(Cl)Cl)C(F)=C1F. The molecule has 0 N–H and O–H groups in total. The molecule has 10 heteroatoms. The fourth-order valence-corrected chi connectivity index (χ4v) is 3.41. The molecule has 92 valence electrons. The van der Waals surface area contributed by atoms with Crippen LogP contribution in [0.4, 0.5) is 26.3 Å². The molecule has 0 unspecified atom stereocenters. The predicted octanol–water partition coefficient (Wildman–Crippen LogP) is 4.54. The van der Waals surface area contributed by atoms with E-state index in [1.807, 2.05) is 0 Å². The molecule has 0 saturated carbocycles. The Kier molecular flexibility index (Phi) is 3.65. The van der Waals surface area contributed by atoms with Gasteiger partial charge in [-0.1, -0.05) is 0 Å². The van der Waals surface area contributed by atoms with Gasteiger partial charge >= 0.3 is 6.00 Å². The minimum absolute atomic E-state index is 2.47. The van der Waals surface area contributed by atoms with Gasteiger partial charge in [-0.15, -0.1) is 33.2 Å². The fourth-order valence-electron chi connectivity index (χ4n) is 1.03. The predicted molar refractivity (Wildman–Crippen MR) is 50.5 cm³/mol. The van der Waals surface area contributed by atoms with Gasteiger partial charge in [0.25, 0.3) is 0 Å². The fraction of sp³-hybridized carbons (Fsp3) is 0.333. The van der Waals surface area contributed by atoms with E-state index >= 15 is 0 Å². The van der Waals surface area contributed by atoms with Crippen LogP contribution in [0.1, 0.15) is 0 Å². The van der Waals surface area contributed by atoms with E-state index in [4.69, 9.17) is 33.2 Å². The van der Waals surface area contributed by atoms with E-state index in [9.17, 15) is 26.3 Å². The Balaban J connectivity index is 3.48. The van der Waals surface area contributed by atoms with E-state index in [-0.39, 0.29) is 0 Å². The van der Waals surface area contributed by atoms with Crippen LogP contribution in [0.15, 0.2) is 23.3 Å². The molecule has 0 saturated heterocycles. The van der Waals surface area contributed by atoms with Crippen molar-refractivity contribution in [3.8, 4) is 0 Å². The van der Waals surface area contributed by atoms with Gasteiger partial charge < -0.3 is 0 Å². The van der Waals surface area contributed by atoms with Crippen LogP contribution in [0.25, 0.3) is 0 Å². The van der Waals surface area contributed by atoms with Gasteiger partial charge in [-0.25, -0.2) is 26.3 Å². The zero-order chi connectivity index (χ0) is 12.9. The van der Waals surface area contributed by atoms with Gasteiger partial charge in [-0.2, -0.15) is 0 Å². The van der Waals surface area contributed by atoms with Crippen molar-refractivity contribution in [2.24, 2.45) is 0 Å². The highest BCUT2D eigenvalue weighted by Crippen LogP contribution is 2.52. The third-order valence-electron chi connectivity index (χ3n) is 1.90. The van der Waals surface area contributed by atoms with E-state index < -0.39 is 40.8 Å². The zero-order valence-electron chi connectivity index (χ0n) is 6.98. The first-order chi connectivity index (χ1) is 7.05. The summed E-state index contributed by atoms with van der Waals surface area (Å²) in [4.78, 5) is 0. The maximum absolute atomic E-state index is 13.7. The number of hydrogen-bond acceptors (Lipinski definition) is 0. The Morgan fingerprint density at radius 3 is 1.81 bits per heavy atom. The number of rotatable bonds is 1. The average Bonchev–Trinajstić information content (AvgIpc) is 2.19. The second-order valence-electron chi connectivity index (χ2n) is 2.86. The molecule has 1 aliphatic carbocycles. The minimum atomic E-state index is -4.86. The van der Waals surface area contributed by atoms with Gasteiger partial charge in [0.05, 0.1) is 0 Å². The van der Waals surface area contributed by atoms with E-state index in [2.05, 4.69) is 0 Å². The second kappa shape index (κ2) is 4.11. The van der Waals surface area contributed by atoms with Crippen molar-refractivity contribution in [2.45, 2.75) is 11.5 Å².